The van der Waals surface area contributed by atoms with Gasteiger partial charge in [0.2, 0.25) is 5.91 Å². The van der Waals surface area contributed by atoms with E-state index in [4.69, 9.17) is 4.84 Å². The number of amides is 3. The number of ether oxygens (including phenoxy) is 1. The van der Waals surface area contributed by atoms with Crippen LogP contribution in [-0.2, 0) is 16.1 Å². The molecule has 10 nitrogen and oxygen atoms in total. The van der Waals surface area contributed by atoms with Gasteiger partial charge >= 0.3 is 12.4 Å². The Labute approximate surface area is 261 Å². The lowest BCUT2D eigenvalue weighted by atomic mass is 10.0. The van der Waals surface area contributed by atoms with Crippen molar-refractivity contribution in [3.8, 4) is 22.8 Å². The molecule has 0 radical (unpaired) electrons. The Morgan fingerprint density at radius 2 is 1.84 bits per heavy atom. The summed E-state index contributed by atoms with van der Waals surface area (Å²) in [6, 6.07) is 17.6. The summed E-state index contributed by atoms with van der Waals surface area (Å²) < 4.78 is 42.6. The van der Waals surface area contributed by atoms with Crippen molar-refractivity contribution in [2.75, 3.05) is 10.7 Å². The third-order valence-electron chi connectivity index (χ3n) is 6.75. The molecule has 1 aromatic heterocycles. The van der Waals surface area contributed by atoms with Crippen molar-refractivity contribution in [2.24, 2.45) is 4.99 Å². The van der Waals surface area contributed by atoms with Crippen LogP contribution in [0.25, 0.3) is 17.1 Å². The first-order chi connectivity index (χ1) is 21.5. The minimum atomic E-state index is -4.77. The van der Waals surface area contributed by atoms with Crippen LogP contribution >= 0.6 is 11.8 Å². The summed E-state index contributed by atoms with van der Waals surface area (Å²) in [5.74, 6) is 0.112. The standard InChI is InChI=1S/C31H29F3N6O4S/c1-4-5-22-7-6-19(2)16-26(22)40-27(41)17-45-30(40)36-29(42)38-44-20(3)21-8-10-23(11-9-21)28-35-18-39(37-28)24-12-14-25(15-13-24)43-31(32,33)34/h6-16,18,20H,4-5,17H2,1-3H3,(H,38,42)/b36-30-. The van der Waals surface area contributed by atoms with Crippen molar-refractivity contribution >= 4 is 34.6 Å². The number of aliphatic imine (C=N–C) groups is 1. The van der Waals surface area contributed by atoms with E-state index in [1.807, 2.05) is 25.1 Å². The zero-order chi connectivity index (χ0) is 32.1. The highest BCUT2D eigenvalue weighted by atomic mass is 32.2. The number of halogens is 3. The van der Waals surface area contributed by atoms with Gasteiger partial charge in [0.25, 0.3) is 0 Å². The van der Waals surface area contributed by atoms with E-state index in [1.165, 1.54) is 51.9 Å². The van der Waals surface area contributed by atoms with Crippen LogP contribution in [0.4, 0.5) is 23.7 Å². The molecule has 1 atom stereocenters. The molecule has 2 heterocycles. The molecule has 3 amide bonds. The number of anilines is 1. The SMILES string of the molecule is CCCc1ccc(C)cc1N1C(=O)CS/C1=N\C(=O)NOC(C)c1ccc(-c2ncn(-c3ccc(OC(F)(F)F)cc3)n2)cc1. The molecular formula is C31H29F3N6O4S. The van der Waals surface area contributed by atoms with Crippen LogP contribution in [0.5, 0.6) is 5.75 Å². The minimum absolute atomic E-state index is 0.142. The Bertz CT molecular complexity index is 1710. The van der Waals surface area contributed by atoms with E-state index in [2.05, 4.69) is 32.2 Å². The topological polar surface area (TPSA) is 111 Å². The highest BCUT2D eigenvalue weighted by Gasteiger charge is 2.32. The van der Waals surface area contributed by atoms with Crippen LogP contribution in [0.3, 0.4) is 0 Å². The highest BCUT2D eigenvalue weighted by molar-refractivity contribution is 8.15. The second-order valence-corrected chi connectivity index (χ2v) is 11.1. The maximum Gasteiger partial charge on any atom is 0.573 e. The van der Waals surface area contributed by atoms with Gasteiger partial charge in [-0.25, -0.2) is 19.9 Å². The van der Waals surface area contributed by atoms with Gasteiger partial charge in [0.15, 0.2) is 11.0 Å². The zero-order valence-corrected chi connectivity index (χ0v) is 25.4. The number of hydrogen-bond acceptors (Lipinski definition) is 7. The summed E-state index contributed by atoms with van der Waals surface area (Å²) in [5, 5.41) is 4.69. The molecule has 1 unspecified atom stereocenters. The first kappa shape index (κ1) is 31.7. The number of rotatable bonds is 9. The number of aryl methyl sites for hydroxylation is 2. The number of urea groups is 1. The lowest BCUT2D eigenvalue weighted by Gasteiger charge is -2.20. The molecular weight excluding hydrogens is 609 g/mol. The summed E-state index contributed by atoms with van der Waals surface area (Å²) in [6.07, 6.45) is -2.15. The van der Waals surface area contributed by atoms with E-state index in [0.29, 0.717) is 22.2 Å². The molecule has 0 saturated carbocycles. The van der Waals surface area contributed by atoms with Crippen LogP contribution in [0.2, 0.25) is 0 Å². The van der Waals surface area contributed by atoms with Crippen molar-refractivity contribution in [3.63, 3.8) is 0 Å². The fourth-order valence-electron chi connectivity index (χ4n) is 4.58. The Balaban J connectivity index is 1.20. The van der Waals surface area contributed by atoms with Gasteiger partial charge < -0.3 is 4.74 Å². The van der Waals surface area contributed by atoms with E-state index in [1.54, 1.807) is 31.2 Å². The molecule has 0 spiro atoms. The molecule has 45 heavy (non-hydrogen) atoms. The maximum absolute atomic E-state index is 12.8. The van der Waals surface area contributed by atoms with Crippen molar-refractivity contribution < 1.29 is 32.3 Å². The molecule has 1 aliphatic heterocycles. The monoisotopic (exact) mass is 638 g/mol. The van der Waals surface area contributed by atoms with Gasteiger partial charge in [-0.05, 0) is 67.3 Å². The summed E-state index contributed by atoms with van der Waals surface area (Å²) >= 11 is 1.20. The minimum Gasteiger partial charge on any atom is -0.406 e. The van der Waals surface area contributed by atoms with Gasteiger partial charge in [-0.3, -0.25) is 14.5 Å². The molecule has 4 aromatic rings. The first-order valence-corrected chi connectivity index (χ1v) is 15.0. The largest absolute Gasteiger partial charge is 0.573 e. The molecule has 1 aliphatic rings. The average Bonchev–Trinajstić information content (AvgIpc) is 3.64. The number of nitrogens with one attached hydrogen (secondary N) is 1. The summed E-state index contributed by atoms with van der Waals surface area (Å²) in [6.45, 7) is 5.77. The smallest absolute Gasteiger partial charge is 0.406 e. The normalized spacial score (nSPS) is 15.0. The molecule has 1 saturated heterocycles. The first-order valence-electron chi connectivity index (χ1n) is 14.0. The Morgan fingerprint density at radius 3 is 2.53 bits per heavy atom. The Kier molecular flexibility index (Phi) is 9.54. The van der Waals surface area contributed by atoms with Crippen molar-refractivity contribution in [1.82, 2.24) is 20.2 Å². The maximum atomic E-state index is 12.8. The van der Waals surface area contributed by atoms with Gasteiger partial charge in [-0.2, -0.15) is 4.99 Å². The predicted molar refractivity (Wildman–Crippen MR) is 164 cm³/mol. The molecule has 0 bridgehead atoms. The molecule has 1 fully saturated rings. The molecule has 3 aromatic carbocycles. The average molecular weight is 639 g/mol. The van der Waals surface area contributed by atoms with E-state index < -0.39 is 18.5 Å². The van der Waals surface area contributed by atoms with Crippen LogP contribution in [-0.4, -0.2) is 44.0 Å². The molecule has 5 rings (SSSR count). The number of carbonyl (C=O) groups excluding carboxylic acids is 2. The Hall–Kier alpha value is -4.69. The second-order valence-electron chi connectivity index (χ2n) is 10.1. The van der Waals surface area contributed by atoms with Crippen LogP contribution in [0.1, 0.15) is 43.1 Å². The van der Waals surface area contributed by atoms with Crippen molar-refractivity contribution in [3.05, 3.63) is 89.7 Å². The number of carbonyl (C=O) groups is 2. The molecule has 1 N–H and O–H groups in total. The number of alkyl halides is 3. The number of aromatic nitrogens is 3. The third kappa shape index (κ3) is 7.88. The van der Waals surface area contributed by atoms with Gasteiger partial charge in [0.05, 0.1) is 17.1 Å². The summed E-state index contributed by atoms with van der Waals surface area (Å²) in [7, 11) is 0. The number of hydroxylamine groups is 1. The zero-order valence-electron chi connectivity index (χ0n) is 24.5. The van der Waals surface area contributed by atoms with Crippen molar-refractivity contribution in [2.45, 2.75) is 46.1 Å². The fourth-order valence-corrected chi connectivity index (χ4v) is 5.44. The van der Waals surface area contributed by atoms with Gasteiger partial charge in [0, 0.05) is 5.56 Å². The van der Waals surface area contributed by atoms with Crippen LogP contribution in [0, 0.1) is 6.92 Å². The molecule has 234 valence electrons. The van der Waals surface area contributed by atoms with E-state index in [9.17, 15) is 22.8 Å². The van der Waals surface area contributed by atoms with Crippen molar-refractivity contribution in [1.29, 1.82) is 0 Å². The molecule has 0 aliphatic carbocycles. The van der Waals surface area contributed by atoms with Gasteiger partial charge in [-0.1, -0.05) is 61.5 Å². The molecule has 14 heteroatoms. The van der Waals surface area contributed by atoms with Gasteiger partial charge in [-0.15, -0.1) is 18.3 Å². The lowest BCUT2D eigenvalue weighted by Crippen LogP contribution is -2.32. The number of benzene rings is 3. The van der Waals surface area contributed by atoms with E-state index in [0.717, 1.165) is 35.2 Å². The van der Waals surface area contributed by atoms with Gasteiger partial charge in [0.1, 0.15) is 18.2 Å². The Morgan fingerprint density at radius 1 is 1.11 bits per heavy atom. The fraction of sp³-hybridized carbons (Fsp3) is 0.258. The van der Waals surface area contributed by atoms with E-state index in [-0.39, 0.29) is 17.4 Å². The summed E-state index contributed by atoms with van der Waals surface area (Å²) in [5.41, 5.74) is 7.05. The third-order valence-corrected chi connectivity index (χ3v) is 7.68. The van der Waals surface area contributed by atoms with Crippen LogP contribution in [0.15, 0.2) is 78.0 Å². The number of hydrogen-bond donors (Lipinski definition) is 1. The predicted octanol–water partition coefficient (Wildman–Crippen LogP) is 6.93. The number of amidine groups is 1. The lowest BCUT2D eigenvalue weighted by molar-refractivity contribution is -0.274. The van der Waals surface area contributed by atoms with E-state index >= 15 is 0 Å². The number of thioether (sulfide) groups is 1. The highest BCUT2D eigenvalue weighted by Crippen LogP contribution is 2.31. The summed E-state index contributed by atoms with van der Waals surface area (Å²) in [4.78, 5) is 40.9. The quantitative estimate of drug-likeness (QED) is 0.198. The number of nitrogens with zero attached hydrogens (tertiary/aromatic N) is 5. The second kappa shape index (κ2) is 13.5. The van der Waals surface area contributed by atoms with Crippen LogP contribution < -0.4 is 15.1 Å².